The van der Waals surface area contributed by atoms with E-state index in [1.165, 1.54) is 11.1 Å². The van der Waals surface area contributed by atoms with Crippen molar-refractivity contribution in [2.45, 2.75) is 19.8 Å². The quantitative estimate of drug-likeness (QED) is 0.854. The number of ether oxygens (including phenoxy) is 2. The normalized spacial score (nSPS) is 24.6. The Hall–Kier alpha value is -2.03. The molecule has 3 rings (SSSR count). The maximum atomic E-state index is 12.3. The molecule has 1 heterocycles. The molecule has 0 aromatic heterocycles. The number of benzene rings is 1. The summed E-state index contributed by atoms with van der Waals surface area (Å²) in [5, 5.41) is 0. The van der Waals surface area contributed by atoms with Crippen LogP contribution < -0.4 is 4.74 Å². The second-order valence-electron chi connectivity index (χ2n) is 5.65. The molecule has 0 fully saturated rings. The summed E-state index contributed by atoms with van der Waals surface area (Å²) in [7, 11) is 1.66. The Morgan fingerprint density at radius 1 is 1.24 bits per heavy atom. The maximum absolute atomic E-state index is 12.3. The molecule has 0 amide bonds. The van der Waals surface area contributed by atoms with Gasteiger partial charge in [-0.2, -0.15) is 0 Å². The highest BCUT2D eigenvalue weighted by molar-refractivity contribution is 5.94. The van der Waals surface area contributed by atoms with Crippen molar-refractivity contribution < 1.29 is 14.3 Å². The number of hydrogen-bond acceptors (Lipinski definition) is 3. The predicted molar refractivity (Wildman–Crippen MR) is 81.1 cm³/mol. The minimum Gasteiger partial charge on any atom is -0.498 e. The summed E-state index contributed by atoms with van der Waals surface area (Å²) in [4.78, 5) is 12.3. The van der Waals surface area contributed by atoms with Crippen LogP contribution in [0.15, 0.2) is 47.7 Å². The molecule has 3 nitrogen and oxygen atoms in total. The van der Waals surface area contributed by atoms with Crippen LogP contribution in [0.3, 0.4) is 0 Å². The van der Waals surface area contributed by atoms with Crippen LogP contribution >= 0.6 is 0 Å². The Labute approximate surface area is 125 Å². The molecule has 0 saturated heterocycles. The number of carbonyl (C=O) groups is 1. The molecule has 1 aliphatic carbocycles. The fourth-order valence-electron chi connectivity index (χ4n) is 3.25. The van der Waals surface area contributed by atoms with Crippen molar-refractivity contribution in [2.24, 2.45) is 11.8 Å². The summed E-state index contributed by atoms with van der Waals surface area (Å²) in [6, 6.07) is 7.98. The van der Waals surface area contributed by atoms with Gasteiger partial charge in [-0.25, -0.2) is 0 Å². The average Bonchev–Trinajstić information content (AvgIpc) is 2.51. The molecule has 0 unspecified atom stereocenters. The second-order valence-corrected chi connectivity index (χ2v) is 5.65. The molecule has 110 valence electrons. The van der Waals surface area contributed by atoms with Gasteiger partial charge in [0, 0.05) is 11.8 Å². The van der Waals surface area contributed by atoms with E-state index in [1.807, 2.05) is 37.3 Å². The SMILES string of the molecule is COc1ccc(C[C@@H]2C(=O)C=CC3=C(C)OCC[C@H]32)cc1. The fourth-order valence-corrected chi connectivity index (χ4v) is 3.25. The van der Waals surface area contributed by atoms with Crippen molar-refractivity contribution in [3.63, 3.8) is 0 Å². The zero-order chi connectivity index (χ0) is 14.8. The zero-order valence-electron chi connectivity index (χ0n) is 12.5. The lowest BCUT2D eigenvalue weighted by molar-refractivity contribution is -0.120. The first-order chi connectivity index (χ1) is 10.2. The monoisotopic (exact) mass is 284 g/mol. The molecule has 2 aliphatic rings. The van der Waals surface area contributed by atoms with E-state index in [0.717, 1.165) is 24.4 Å². The van der Waals surface area contributed by atoms with Crippen LogP contribution in [0.1, 0.15) is 18.9 Å². The highest BCUT2D eigenvalue weighted by atomic mass is 16.5. The molecule has 0 N–H and O–H groups in total. The molecular formula is C18H20O3. The molecule has 21 heavy (non-hydrogen) atoms. The standard InChI is InChI=1S/C18H20O3/c1-12-15-7-8-18(19)17(16(15)9-10-21-12)11-13-3-5-14(20-2)6-4-13/h3-8,16-17H,9-11H2,1-2H3/t16-,17+/m1/s1. The number of carbonyl (C=O) groups excluding carboxylic acids is 1. The van der Waals surface area contributed by atoms with Crippen molar-refractivity contribution in [3.8, 4) is 5.75 Å². The van der Waals surface area contributed by atoms with E-state index in [-0.39, 0.29) is 11.7 Å². The largest absolute Gasteiger partial charge is 0.498 e. The first-order valence-electron chi connectivity index (χ1n) is 7.37. The van der Waals surface area contributed by atoms with E-state index in [0.29, 0.717) is 12.5 Å². The van der Waals surface area contributed by atoms with Crippen molar-refractivity contribution >= 4 is 5.78 Å². The molecule has 0 spiro atoms. The van der Waals surface area contributed by atoms with Crippen LogP contribution in [0.2, 0.25) is 0 Å². The molecule has 0 bridgehead atoms. The van der Waals surface area contributed by atoms with Crippen LogP contribution in [0.4, 0.5) is 0 Å². The van der Waals surface area contributed by atoms with Gasteiger partial charge in [0.05, 0.1) is 19.5 Å². The van der Waals surface area contributed by atoms with Gasteiger partial charge in [0.2, 0.25) is 0 Å². The summed E-state index contributed by atoms with van der Waals surface area (Å²) >= 11 is 0. The third kappa shape index (κ3) is 2.73. The van der Waals surface area contributed by atoms with Crippen LogP contribution in [0.25, 0.3) is 0 Å². The lowest BCUT2D eigenvalue weighted by Crippen LogP contribution is -2.32. The summed E-state index contributed by atoms with van der Waals surface area (Å²) in [6.07, 6.45) is 5.34. The molecule has 1 aromatic rings. The first-order valence-corrected chi connectivity index (χ1v) is 7.37. The second kappa shape index (κ2) is 5.76. The number of hydrogen-bond donors (Lipinski definition) is 0. The van der Waals surface area contributed by atoms with Crippen LogP contribution in [-0.4, -0.2) is 19.5 Å². The first kappa shape index (κ1) is 13.9. The van der Waals surface area contributed by atoms with Gasteiger partial charge in [0.1, 0.15) is 5.75 Å². The van der Waals surface area contributed by atoms with E-state index >= 15 is 0 Å². The highest BCUT2D eigenvalue weighted by Crippen LogP contribution is 2.37. The molecule has 1 aliphatic heterocycles. The van der Waals surface area contributed by atoms with E-state index in [1.54, 1.807) is 13.2 Å². The fraction of sp³-hybridized carbons (Fsp3) is 0.389. The van der Waals surface area contributed by atoms with Crippen LogP contribution in [0.5, 0.6) is 5.75 Å². The van der Waals surface area contributed by atoms with Gasteiger partial charge in [0.25, 0.3) is 0 Å². The van der Waals surface area contributed by atoms with Gasteiger partial charge in [0.15, 0.2) is 5.78 Å². The predicted octanol–water partition coefficient (Wildman–Crippen LogP) is 3.30. The molecule has 2 atom stereocenters. The van der Waals surface area contributed by atoms with Crippen molar-refractivity contribution in [2.75, 3.05) is 13.7 Å². The van der Waals surface area contributed by atoms with Gasteiger partial charge < -0.3 is 9.47 Å². The van der Waals surface area contributed by atoms with E-state index in [2.05, 4.69) is 0 Å². The molecular weight excluding hydrogens is 264 g/mol. The number of methoxy groups -OCH3 is 1. The average molecular weight is 284 g/mol. The highest BCUT2D eigenvalue weighted by Gasteiger charge is 2.35. The lowest BCUT2D eigenvalue weighted by Gasteiger charge is -2.34. The summed E-state index contributed by atoms with van der Waals surface area (Å²) in [5.74, 6) is 2.36. The van der Waals surface area contributed by atoms with E-state index < -0.39 is 0 Å². The third-order valence-electron chi connectivity index (χ3n) is 4.45. The van der Waals surface area contributed by atoms with Gasteiger partial charge in [-0.15, -0.1) is 0 Å². The number of rotatable bonds is 3. The lowest BCUT2D eigenvalue weighted by atomic mass is 9.73. The van der Waals surface area contributed by atoms with Gasteiger partial charge >= 0.3 is 0 Å². The van der Waals surface area contributed by atoms with Crippen molar-refractivity contribution in [3.05, 3.63) is 53.3 Å². The number of ketones is 1. The number of allylic oxidation sites excluding steroid dienone is 4. The maximum Gasteiger partial charge on any atom is 0.159 e. The Balaban J connectivity index is 1.84. The van der Waals surface area contributed by atoms with Gasteiger partial charge in [-0.1, -0.05) is 18.2 Å². The van der Waals surface area contributed by atoms with Gasteiger partial charge in [-0.05, 0) is 49.1 Å². The Bertz CT molecular complexity index is 595. The molecule has 1 aromatic carbocycles. The minimum absolute atomic E-state index is 0.0252. The van der Waals surface area contributed by atoms with Crippen LogP contribution in [0, 0.1) is 11.8 Å². The zero-order valence-corrected chi connectivity index (χ0v) is 12.5. The summed E-state index contributed by atoms with van der Waals surface area (Å²) < 4.78 is 10.8. The molecule has 3 heteroatoms. The number of fused-ring (bicyclic) bond motifs is 1. The smallest absolute Gasteiger partial charge is 0.159 e. The van der Waals surface area contributed by atoms with Crippen LogP contribution in [-0.2, 0) is 16.0 Å². The Morgan fingerprint density at radius 3 is 2.71 bits per heavy atom. The molecule has 0 saturated carbocycles. The summed E-state index contributed by atoms with van der Waals surface area (Å²) in [6.45, 7) is 2.70. The van der Waals surface area contributed by atoms with E-state index in [9.17, 15) is 4.79 Å². The van der Waals surface area contributed by atoms with Gasteiger partial charge in [-0.3, -0.25) is 4.79 Å². The molecule has 0 radical (unpaired) electrons. The topological polar surface area (TPSA) is 35.5 Å². The Morgan fingerprint density at radius 2 is 2.00 bits per heavy atom. The van der Waals surface area contributed by atoms with Crippen molar-refractivity contribution in [1.82, 2.24) is 0 Å². The Kier molecular flexibility index (Phi) is 3.82. The summed E-state index contributed by atoms with van der Waals surface area (Å²) in [5.41, 5.74) is 2.37. The minimum atomic E-state index is 0.0252. The van der Waals surface area contributed by atoms with E-state index in [4.69, 9.17) is 9.47 Å². The van der Waals surface area contributed by atoms with Crippen molar-refractivity contribution in [1.29, 1.82) is 0 Å². The third-order valence-corrected chi connectivity index (χ3v) is 4.45.